The van der Waals surface area contributed by atoms with Crippen molar-refractivity contribution in [1.29, 1.82) is 0 Å². The summed E-state index contributed by atoms with van der Waals surface area (Å²) >= 11 is 0. The van der Waals surface area contributed by atoms with Gasteiger partial charge in [-0.25, -0.2) is 0 Å². The molecule has 1 aromatic carbocycles. The van der Waals surface area contributed by atoms with E-state index in [0.717, 1.165) is 43.9 Å². The van der Waals surface area contributed by atoms with Crippen LogP contribution < -0.4 is 15.4 Å². The summed E-state index contributed by atoms with van der Waals surface area (Å²) in [5.74, 6) is 1.74. The molecule has 1 aromatic rings. The Labute approximate surface area is 175 Å². The lowest BCUT2D eigenvalue weighted by molar-refractivity contribution is 0.120. The van der Waals surface area contributed by atoms with E-state index >= 15 is 0 Å². The quantitative estimate of drug-likeness (QED) is 0.335. The van der Waals surface area contributed by atoms with Crippen LogP contribution in [0.4, 0.5) is 0 Å². The first-order chi connectivity index (χ1) is 11.9. The molecule has 0 bridgehead atoms. The van der Waals surface area contributed by atoms with Gasteiger partial charge in [-0.3, -0.25) is 4.99 Å². The smallest absolute Gasteiger partial charge is 0.191 e. The molecule has 0 aliphatic heterocycles. The van der Waals surface area contributed by atoms with Crippen molar-refractivity contribution < 1.29 is 9.84 Å². The lowest BCUT2D eigenvalue weighted by Crippen LogP contribution is -2.45. The van der Waals surface area contributed by atoms with E-state index in [4.69, 9.17) is 9.73 Å². The van der Waals surface area contributed by atoms with E-state index in [9.17, 15) is 5.11 Å². The van der Waals surface area contributed by atoms with Gasteiger partial charge in [0.2, 0.25) is 0 Å². The number of hydrogen-bond donors (Lipinski definition) is 3. The van der Waals surface area contributed by atoms with Gasteiger partial charge in [0.15, 0.2) is 5.96 Å². The number of nitrogens with one attached hydrogen (secondary N) is 2. The highest BCUT2D eigenvalue weighted by Crippen LogP contribution is 2.26. The maximum absolute atomic E-state index is 9.66. The van der Waals surface area contributed by atoms with Gasteiger partial charge in [-0.05, 0) is 50.3 Å². The number of hydrogen-bond acceptors (Lipinski definition) is 3. The van der Waals surface area contributed by atoms with E-state index in [1.165, 1.54) is 5.56 Å². The van der Waals surface area contributed by atoms with Crippen LogP contribution in [-0.4, -0.2) is 43.4 Å². The molecule has 1 fully saturated rings. The van der Waals surface area contributed by atoms with Crippen LogP contribution in [0, 0.1) is 0 Å². The summed E-state index contributed by atoms with van der Waals surface area (Å²) in [4.78, 5) is 4.82. The number of halogens is 1. The average Bonchev–Trinajstić information content (AvgIpc) is 2.62. The molecule has 0 unspecified atom stereocenters. The topological polar surface area (TPSA) is 65.9 Å². The maximum atomic E-state index is 9.66. The fourth-order valence-corrected chi connectivity index (χ4v) is 3.15. The Hall–Kier alpha value is -1.02. The van der Waals surface area contributed by atoms with Crippen LogP contribution in [0.3, 0.4) is 0 Å². The van der Waals surface area contributed by atoms with Crippen LogP contribution in [0.2, 0.25) is 0 Å². The summed E-state index contributed by atoms with van der Waals surface area (Å²) in [5.41, 5.74) is 1.13. The monoisotopic (exact) mass is 475 g/mol. The van der Waals surface area contributed by atoms with Crippen LogP contribution in [0.25, 0.3) is 0 Å². The zero-order valence-corrected chi connectivity index (χ0v) is 18.7. The first-order valence-electron chi connectivity index (χ1n) is 9.32. The molecule has 1 saturated carbocycles. The summed E-state index contributed by atoms with van der Waals surface area (Å²) in [5, 5.41) is 16.5. The molecule has 3 N–H and O–H groups in total. The predicted molar refractivity (Wildman–Crippen MR) is 119 cm³/mol. The Morgan fingerprint density at radius 1 is 1.27 bits per heavy atom. The number of ether oxygens (including phenoxy) is 1. The summed E-state index contributed by atoms with van der Waals surface area (Å²) in [6, 6.07) is 8.59. The summed E-state index contributed by atoms with van der Waals surface area (Å²) in [6.45, 7) is 8.00. The minimum absolute atomic E-state index is 0. The largest absolute Gasteiger partial charge is 0.497 e. The number of aliphatic imine (C=N–C) groups is 1. The van der Waals surface area contributed by atoms with Crippen molar-refractivity contribution in [3.8, 4) is 5.75 Å². The van der Waals surface area contributed by atoms with Gasteiger partial charge in [-0.1, -0.05) is 26.0 Å². The highest BCUT2D eigenvalue weighted by Gasteiger charge is 2.23. The summed E-state index contributed by atoms with van der Waals surface area (Å²) in [7, 11) is 1.69. The van der Waals surface area contributed by atoms with Gasteiger partial charge in [0.1, 0.15) is 5.75 Å². The molecule has 0 saturated heterocycles. The molecule has 148 valence electrons. The number of guanidine groups is 1. The average molecular weight is 475 g/mol. The molecule has 26 heavy (non-hydrogen) atoms. The third-order valence-electron chi connectivity index (χ3n) is 4.87. The van der Waals surface area contributed by atoms with Gasteiger partial charge >= 0.3 is 0 Å². The van der Waals surface area contributed by atoms with Gasteiger partial charge in [0.25, 0.3) is 0 Å². The van der Waals surface area contributed by atoms with Crippen molar-refractivity contribution in [1.82, 2.24) is 10.6 Å². The number of nitrogens with zero attached hydrogens (tertiary/aromatic N) is 1. The van der Waals surface area contributed by atoms with Crippen molar-refractivity contribution in [3.05, 3.63) is 29.8 Å². The van der Waals surface area contributed by atoms with Gasteiger partial charge < -0.3 is 20.5 Å². The van der Waals surface area contributed by atoms with Crippen molar-refractivity contribution in [2.45, 2.75) is 64.0 Å². The lowest BCUT2D eigenvalue weighted by atomic mass is 9.84. The first kappa shape index (κ1) is 23.0. The van der Waals surface area contributed by atoms with Crippen molar-refractivity contribution in [3.63, 3.8) is 0 Å². The fraction of sp³-hybridized carbons (Fsp3) is 0.650. The molecular formula is C20H34IN3O2. The first-order valence-corrected chi connectivity index (χ1v) is 9.32. The van der Waals surface area contributed by atoms with E-state index in [1.54, 1.807) is 7.11 Å². The molecule has 2 rings (SSSR count). The van der Waals surface area contributed by atoms with Gasteiger partial charge in [0, 0.05) is 18.0 Å². The van der Waals surface area contributed by atoms with E-state index in [0.29, 0.717) is 12.6 Å². The zero-order chi connectivity index (χ0) is 18.3. The molecule has 0 spiro atoms. The van der Waals surface area contributed by atoms with Crippen LogP contribution in [0.1, 0.15) is 52.0 Å². The van der Waals surface area contributed by atoms with Crippen LogP contribution in [0.15, 0.2) is 29.3 Å². The predicted octanol–water partition coefficient (Wildman–Crippen LogP) is 3.45. The second kappa shape index (κ2) is 11.0. The Kier molecular flexibility index (Phi) is 9.71. The van der Waals surface area contributed by atoms with Crippen molar-refractivity contribution in [2.24, 2.45) is 4.99 Å². The molecule has 0 atom stereocenters. The van der Waals surface area contributed by atoms with Crippen LogP contribution >= 0.6 is 24.0 Å². The minimum Gasteiger partial charge on any atom is -0.497 e. The van der Waals surface area contributed by atoms with Crippen molar-refractivity contribution >= 4 is 29.9 Å². The maximum Gasteiger partial charge on any atom is 0.191 e. The fourth-order valence-electron chi connectivity index (χ4n) is 3.15. The standard InChI is InChI=1S/C20H33N3O2.HI/c1-5-21-19(23-16-9-11-17(24)12-10-16)22-14-20(2,3)15-7-6-8-18(13-15)25-4;/h6-8,13,16-17,24H,5,9-12,14H2,1-4H3,(H2,21,22,23);1H. The Balaban J connectivity index is 0.00000338. The molecular weight excluding hydrogens is 441 g/mol. The van der Waals surface area contributed by atoms with Crippen LogP contribution in [-0.2, 0) is 5.41 Å². The highest BCUT2D eigenvalue weighted by atomic mass is 127. The lowest BCUT2D eigenvalue weighted by Gasteiger charge is -2.29. The molecule has 6 heteroatoms. The van der Waals surface area contributed by atoms with Gasteiger partial charge in [-0.2, -0.15) is 0 Å². The van der Waals surface area contributed by atoms with Crippen LogP contribution in [0.5, 0.6) is 5.75 Å². The summed E-state index contributed by atoms with van der Waals surface area (Å²) < 4.78 is 5.34. The third kappa shape index (κ3) is 6.95. The highest BCUT2D eigenvalue weighted by molar-refractivity contribution is 14.0. The van der Waals surface area contributed by atoms with E-state index < -0.39 is 0 Å². The normalized spacial score (nSPS) is 20.9. The SMILES string of the molecule is CCNC(=NCC(C)(C)c1cccc(OC)c1)NC1CCC(O)CC1.I. The number of rotatable bonds is 6. The summed E-state index contributed by atoms with van der Waals surface area (Å²) in [6.07, 6.45) is 3.58. The molecule has 5 nitrogen and oxygen atoms in total. The van der Waals surface area contributed by atoms with E-state index in [2.05, 4.69) is 43.5 Å². The number of methoxy groups -OCH3 is 1. The van der Waals surface area contributed by atoms with E-state index in [-0.39, 0.29) is 35.5 Å². The minimum atomic E-state index is -0.135. The molecule has 0 radical (unpaired) electrons. The Morgan fingerprint density at radius 3 is 2.58 bits per heavy atom. The van der Waals surface area contributed by atoms with Crippen molar-refractivity contribution in [2.75, 3.05) is 20.2 Å². The van der Waals surface area contributed by atoms with E-state index in [1.807, 2.05) is 12.1 Å². The number of aliphatic hydroxyl groups excluding tert-OH is 1. The molecule has 0 aromatic heterocycles. The Morgan fingerprint density at radius 2 is 1.96 bits per heavy atom. The number of aliphatic hydroxyl groups is 1. The van der Waals surface area contributed by atoms with Gasteiger partial charge in [0.05, 0.1) is 19.8 Å². The molecule has 0 amide bonds. The Bertz CT molecular complexity index is 570. The second-order valence-electron chi connectivity index (χ2n) is 7.46. The molecule has 1 aliphatic carbocycles. The number of benzene rings is 1. The third-order valence-corrected chi connectivity index (χ3v) is 4.87. The second-order valence-corrected chi connectivity index (χ2v) is 7.46. The molecule has 0 heterocycles. The van der Waals surface area contributed by atoms with Gasteiger partial charge in [-0.15, -0.1) is 24.0 Å². The molecule has 1 aliphatic rings. The zero-order valence-electron chi connectivity index (χ0n) is 16.4.